The van der Waals surface area contributed by atoms with Crippen molar-refractivity contribution in [1.29, 1.82) is 0 Å². The average molecular weight is 299 g/mol. The summed E-state index contributed by atoms with van der Waals surface area (Å²) in [5, 5.41) is 0. The highest BCUT2D eigenvalue weighted by Crippen LogP contribution is 2.34. The molecule has 2 aromatic rings. The fourth-order valence-electron chi connectivity index (χ4n) is 2.20. The van der Waals surface area contributed by atoms with Crippen molar-refractivity contribution in [1.82, 2.24) is 0 Å². The Morgan fingerprint density at radius 3 is 2.32 bits per heavy atom. The van der Waals surface area contributed by atoms with Gasteiger partial charge in [-0.05, 0) is 43.7 Å². The molecule has 0 aliphatic heterocycles. The highest BCUT2D eigenvalue weighted by atomic mass is 16.5. The van der Waals surface area contributed by atoms with Gasteiger partial charge in [0.2, 0.25) is 0 Å². The molecule has 0 saturated heterocycles. The number of nitrogens with two attached hydrogens (primary N) is 1. The number of para-hydroxylation sites is 1. The van der Waals surface area contributed by atoms with E-state index in [2.05, 4.69) is 0 Å². The van der Waals surface area contributed by atoms with Crippen LogP contribution in [0.25, 0.3) is 0 Å². The fourth-order valence-corrected chi connectivity index (χ4v) is 2.20. The number of benzene rings is 2. The summed E-state index contributed by atoms with van der Waals surface area (Å²) < 4.78 is 10.6. The van der Waals surface area contributed by atoms with E-state index in [9.17, 15) is 4.79 Å². The highest BCUT2D eigenvalue weighted by molar-refractivity contribution is 5.77. The molecule has 22 heavy (non-hydrogen) atoms. The Kier molecular flexibility index (Phi) is 4.83. The molecule has 4 nitrogen and oxygen atoms in total. The third-order valence-electron chi connectivity index (χ3n) is 3.69. The van der Waals surface area contributed by atoms with E-state index >= 15 is 0 Å². The summed E-state index contributed by atoms with van der Waals surface area (Å²) in [5.41, 5.74) is 6.26. The van der Waals surface area contributed by atoms with Crippen LogP contribution in [-0.4, -0.2) is 13.1 Å². The lowest BCUT2D eigenvalue weighted by molar-refractivity contribution is -0.152. The number of rotatable bonds is 5. The monoisotopic (exact) mass is 299 g/mol. The zero-order valence-electron chi connectivity index (χ0n) is 13.1. The highest BCUT2D eigenvalue weighted by Gasteiger charge is 2.36. The molecule has 0 saturated carbocycles. The van der Waals surface area contributed by atoms with Gasteiger partial charge in [0.05, 0.1) is 12.5 Å². The summed E-state index contributed by atoms with van der Waals surface area (Å²) in [6, 6.07) is 16.5. The van der Waals surface area contributed by atoms with Crippen molar-refractivity contribution in [2.24, 2.45) is 11.1 Å². The van der Waals surface area contributed by atoms with E-state index in [1.807, 2.05) is 54.6 Å². The molecule has 0 aromatic heterocycles. The number of hydrogen-bond acceptors (Lipinski definition) is 4. The summed E-state index contributed by atoms with van der Waals surface area (Å²) in [7, 11) is 1.37. The molecule has 2 rings (SSSR count). The molecule has 1 atom stereocenters. The maximum atomic E-state index is 11.9. The molecule has 0 amide bonds. The summed E-state index contributed by atoms with van der Waals surface area (Å²) in [6.07, 6.45) is 0. The lowest BCUT2D eigenvalue weighted by Crippen LogP contribution is -2.37. The molecule has 0 fully saturated rings. The maximum absolute atomic E-state index is 11.9. The van der Waals surface area contributed by atoms with Gasteiger partial charge in [0.15, 0.2) is 0 Å². The van der Waals surface area contributed by atoms with Crippen molar-refractivity contribution in [3.05, 3.63) is 60.2 Å². The number of methoxy groups -OCH3 is 1. The maximum Gasteiger partial charge on any atom is 0.313 e. The second kappa shape index (κ2) is 6.62. The summed E-state index contributed by atoms with van der Waals surface area (Å²) in [4.78, 5) is 11.9. The Labute approximate surface area is 130 Å². The van der Waals surface area contributed by atoms with Crippen LogP contribution in [0.2, 0.25) is 0 Å². The van der Waals surface area contributed by atoms with Crippen molar-refractivity contribution in [3.63, 3.8) is 0 Å². The van der Waals surface area contributed by atoms with Gasteiger partial charge in [0, 0.05) is 6.04 Å². The first-order valence-corrected chi connectivity index (χ1v) is 7.12. The first-order valence-electron chi connectivity index (χ1n) is 7.12. The molecule has 4 heteroatoms. The molecule has 0 aliphatic rings. The van der Waals surface area contributed by atoms with E-state index in [4.69, 9.17) is 15.2 Å². The molecule has 0 unspecified atom stereocenters. The van der Waals surface area contributed by atoms with Crippen LogP contribution in [0.15, 0.2) is 54.6 Å². The molecule has 116 valence electrons. The van der Waals surface area contributed by atoms with Crippen molar-refractivity contribution >= 4 is 5.97 Å². The van der Waals surface area contributed by atoms with Crippen molar-refractivity contribution in [2.45, 2.75) is 19.9 Å². The summed E-state index contributed by atoms with van der Waals surface area (Å²) in [5.74, 6) is 1.09. The number of hydrogen-bond donors (Lipinski definition) is 1. The first-order chi connectivity index (χ1) is 10.4. The molecular formula is C18H21NO3. The number of carbonyl (C=O) groups excluding carboxylic acids is 1. The molecular weight excluding hydrogens is 278 g/mol. The second-order valence-corrected chi connectivity index (χ2v) is 5.68. The Morgan fingerprint density at radius 2 is 1.68 bits per heavy atom. The standard InChI is InChI=1S/C18H21NO3/c1-18(2,17(20)21-3)16(19)13-8-7-11-15(12-13)22-14-9-5-4-6-10-14/h4-12,16H,19H2,1-3H3/t16-/m1/s1. The van der Waals surface area contributed by atoms with Gasteiger partial charge in [-0.3, -0.25) is 4.79 Å². The number of carbonyl (C=O) groups is 1. The van der Waals surface area contributed by atoms with Gasteiger partial charge in [0.25, 0.3) is 0 Å². The van der Waals surface area contributed by atoms with E-state index in [1.54, 1.807) is 13.8 Å². The van der Waals surface area contributed by atoms with Crippen molar-refractivity contribution in [2.75, 3.05) is 7.11 Å². The molecule has 2 N–H and O–H groups in total. The zero-order chi connectivity index (χ0) is 16.2. The van der Waals surface area contributed by atoms with E-state index in [1.165, 1.54) is 7.11 Å². The second-order valence-electron chi connectivity index (χ2n) is 5.68. The predicted octanol–water partition coefficient (Wildman–Crippen LogP) is 3.68. The first kappa shape index (κ1) is 16.0. The van der Waals surface area contributed by atoms with Crippen LogP contribution < -0.4 is 10.5 Å². The molecule has 0 radical (unpaired) electrons. The van der Waals surface area contributed by atoms with Gasteiger partial charge >= 0.3 is 5.97 Å². The molecule has 0 aliphatic carbocycles. The predicted molar refractivity (Wildman–Crippen MR) is 85.7 cm³/mol. The quantitative estimate of drug-likeness (QED) is 0.856. The van der Waals surface area contributed by atoms with Crippen LogP contribution >= 0.6 is 0 Å². The van der Waals surface area contributed by atoms with Gasteiger partial charge in [-0.2, -0.15) is 0 Å². The van der Waals surface area contributed by atoms with E-state index < -0.39 is 11.5 Å². The molecule has 0 bridgehead atoms. The third kappa shape index (κ3) is 3.46. The molecule has 0 spiro atoms. The van der Waals surface area contributed by atoms with Crippen LogP contribution in [0.5, 0.6) is 11.5 Å². The summed E-state index contributed by atoms with van der Waals surface area (Å²) >= 11 is 0. The minimum atomic E-state index is -0.819. The largest absolute Gasteiger partial charge is 0.469 e. The van der Waals surface area contributed by atoms with Gasteiger partial charge in [0.1, 0.15) is 11.5 Å². The topological polar surface area (TPSA) is 61.5 Å². The SMILES string of the molecule is COC(=O)C(C)(C)[C@H](N)c1cccc(Oc2ccccc2)c1. The van der Waals surface area contributed by atoms with Crippen molar-refractivity contribution in [3.8, 4) is 11.5 Å². The zero-order valence-corrected chi connectivity index (χ0v) is 13.1. The van der Waals surface area contributed by atoms with Crippen LogP contribution in [0.4, 0.5) is 0 Å². The number of esters is 1. The van der Waals surface area contributed by atoms with Crippen LogP contribution in [0.1, 0.15) is 25.5 Å². The lowest BCUT2D eigenvalue weighted by atomic mass is 9.81. The lowest BCUT2D eigenvalue weighted by Gasteiger charge is -2.29. The Bertz CT molecular complexity index is 638. The minimum absolute atomic E-state index is 0.339. The fraction of sp³-hybridized carbons (Fsp3) is 0.278. The van der Waals surface area contributed by atoms with E-state index in [-0.39, 0.29) is 5.97 Å². The molecule has 2 aromatic carbocycles. The normalized spacial score (nSPS) is 12.5. The van der Waals surface area contributed by atoms with Gasteiger partial charge in [-0.25, -0.2) is 0 Å². The van der Waals surface area contributed by atoms with E-state index in [0.717, 1.165) is 11.3 Å². The van der Waals surface area contributed by atoms with E-state index in [0.29, 0.717) is 5.75 Å². The average Bonchev–Trinajstić information content (AvgIpc) is 2.54. The Morgan fingerprint density at radius 1 is 1.05 bits per heavy atom. The van der Waals surface area contributed by atoms with Crippen LogP contribution in [-0.2, 0) is 9.53 Å². The minimum Gasteiger partial charge on any atom is -0.469 e. The molecule has 0 heterocycles. The smallest absolute Gasteiger partial charge is 0.313 e. The van der Waals surface area contributed by atoms with Crippen molar-refractivity contribution < 1.29 is 14.3 Å². The van der Waals surface area contributed by atoms with Crippen LogP contribution in [0.3, 0.4) is 0 Å². The van der Waals surface area contributed by atoms with Gasteiger partial charge in [-0.1, -0.05) is 30.3 Å². The van der Waals surface area contributed by atoms with Gasteiger partial charge < -0.3 is 15.2 Å². The third-order valence-corrected chi connectivity index (χ3v) is 3.69. The van der Waals surface area contributed by atoms with Gasteiger partial charge in [-0.15, -0.1) is 0 Å². The summed E-state index contributed by atoms with van der Waals surface area (Å²) in [6.45, 7) is 3.54. The van der Waals surface area contributed by atoms with Crippen LogP contribution in [0, 0.1) is 5.41 Å². The Balaban J connectivity index is 2.23. The number of ether oxygens (including phenoxy) is 2. The Hall–Kier alpha value is -2.33.